The average Bonchev–Trinajstić information content (AvgIpc) is 2.38. The van der Waals surface area contributed by atoms with Crippen molar-refractivity contribution in [2.75, 3.05) is 17.2 Å². The summed E-state index contributed by atoms with van der Waals surface area (Å²) >= 11 is 0. The lowest BCUT2D eigenvalue weighted by Gasteiger charge is -2.13. The van der Waals surface area contributed by atoms with Crippen LogP contribution in [-0.2, 0) is 0 Å². The molecule has 0 aliphatic rings. The first-order valence-corrected chi connectivity index (χ1v) is 6.59. The van der Waals surface area contributed by atoms with Crippen LogP contribution >= 0.6 is 0 Å². The van der Waals surface area contributed by atoms with Gasteiger partial charge in [-0.1, -0.05) is 20.3 Å². The van der Waals surface area contributed by atoms with Crippen LogP contribution in [0.15, 0.2) is 6.33 Å². The second kappa shape index (κ2) is 7.50. The van der Waals surface area contributed by atoms with E-state index in [9.17, 15) is 10.1 Å². The molecule has 1 rings (SSSR count). The summed E-state index contributed by atoms with van der Waals surface area (Å²) in [7, 11) is 0. The van der Waals surface area contributed by atoms with E-state index in [1.165, 1.54) is 6.33 Å². The zero-order valence-corrected chi connectivity index (χ0v) is 11.6. The van der Waals surface area contributed by atoms with Crippen LogP contribution in [0.5, 0.6) is 0 Å². The number of hydrogen-bond donors (Lipinski definition) is 2. The lowest BCUT2D eigenvalue weighted by atomic mass is 10.2. The lowest BCUT2D eigenvalue weighted by Crippen LogP contribution is -2.17. The van der Waals surface area contributed by atoms with E-state index in [1.807, 2.05) is 13.8 Å². The fourth-order valence-electron chi connectivity index (χ4n) is 1.51. The number of rotatable bonds is 8. The molecule has 7 heteroatoms. The standard InChI is InChI=1S/C12H21N5O2/c1-4-6-7-13-11-10(17(18)19)12(15-8-14-11)16-9(3)5-2/h8-9H,4-7H2,1-3H3,(H2,13,14,15,16). The zero-order chi connectivity index (χ0) is 14.3. The average molecular weight is 267 g/mol. The maximum Gasteiger partial charge on any atom is 0.353 e. The minimum absolute atomic E-state index is 0.0843. The van der Waals surface area contributed by atoms with Crippen molar-refractivity contribution in [2.45, 2.75) is 46.1 Å². The van der Waals surface area contributed by atoms with Gasteiger partial charge in [-0.2, -0.15) is 0 Å². The van der Waals surface area contributed by atoms with Crippen LogP contribution < -0.4 is 10.6 Å². The minimum Gasteiger partial charge on any atom is -0.364 e. The number of nitrogens with zero attached hydrogens (tertiary/aromatic N) is 3. The Hall–Kier alpha value is -1.92. The molecule has 0 aliphatic carbocycles. The van der Waals surface area contributed by atoms with Crippen molar-refractivity contribution in [2.24, 2.45) is 0 Å². The Kier molecular flexibility index (Phi) is 5.98. The summed E-state index contributed by atoms with van der Waals surface area (Å²) in [6, 6.07) is 0.122. The predicted molar refractivity (Wildman–Crippen MR) is 75.5 cm³/mol. The Bertz CT molecular complexity index is 425. The van der Waals surface area contributed by atoms with Crippen LogP contribution in [0.2, 0.25) is 0 Å². The summed E-state index contributed by atoms with van der Waals surface area (Å²) in [5.41, 5.74) is -0.0843. The van der Waals surface area contributed by atoms with Gasteiger partial charge in [0, 0.05) is 12.6 Å². The van der Waals surface area contributed by atoms with E-state index >= 15 is 0 Å². The summed E-state index contributed by atoms with van der Waals surface area (Å²) in [5.74, 6) is 0.549. The van der Waals surface area contributed by atoms with Gasteiger partial charge in [0.15, 0.2) is 0 Å². The number of nitrogens with one attached hydrogen (secondary N) is 2. The molecule has 0 bridgehead atoms. The zero-order valence-electron chi connectivity index (χ0n) is 11.6. The quantitative estimate of drug-likeness (QED) is 0.427. The topological polar surface area (TPSA) is 93.0 Å². The van der Waals surface area contributed by atoms with Gasteiger partial charge in [0.2, 0.25) is 11.6 Å². The first kappa shape index (κ1) is 15.1. The van der Waals surface area contributed by atoms with Crippen molar-refractivity contribution < 1.29 is 4.92 Å². The van der Waals surface area contributed by atoms with E-state index in [-0.39, 0.29) is 23.4 Å². The fraction of sp³-hybridized carbons (Fsp3) is 0.667. The Labute approximate surface area is 113 Å². The SMILES string of the molecule is CCCCNc1ncnc(NC(C)CC)c1[N+](=O)[O-]. The van der Waals surface area contributed by atoms with Crippen molar-refractivity contribution in [3.63, 3.8) is 0 Å². The van der Waals surface area contributed by atoms with E-state index in [2.05, 4.69) is 27.5 Å². The molecule has 0 fully saturated rings. The highest BCUT2D eigenvalue weighted by molar-refractivity contribution is 5.69. The summed E-state index contributed by atoms with van der Waals surface area (Å²) in [6.07, 6.45) is 4.16. The van der Waals surface area contributed by atoms with Crippen molar-refractivity contribution in [1.29, 1.82) is 0 Å². The van der Waals surface area contributed by atoms with E-state index in [1.54, 1.807) is 0 Å². The molecule has 106 valence electrons. The number of unbranched alkanes of at least 4 members (excludes halogenated alkanes) is 1. The maximum atomic E-state index is 11.2. The second-order valence-electron chi connectivity index (χ2n) is 4.41. The molecule has 19 heavy (non-hydrogen) atoms. The van der Waals surface area contributed by atoms with Crippen molar-refractivity contribution in [1.82, 2.24) is 9.97 Å². The monoisotopic (exact) mass is 267 g/mol. The van der Waals surface area contributed by atoms with Gasteiger partial charge in [-0.25, -0.2) is 9.97 Å². The molecule has 0 spiro atoms. The van der Waals surface area contributed by atoms with E-state index in [4.69, 9.17) is 0 Å². The van der Waals surface area contributed by atoms with Crippen molar-refractivity contribution in [3.8, 4) is 0 Å². The third kappa shape index (κ3) is 4.35. The molecule has 0 saturated carbocycles. The summed E-state index contributed by atoms with van der Waals surface area (Å²) in [5, 5.41) is 17.2. The van der Waals surface area contributed by atoms with Crippen molar-refractivity contribution >= 4 is 17.3 Å². The number of anilines is 2. The third-order valence-corrected chi connectivity index (χ3v) is 2.82. The van der Waals surface area contributed by atoms with Gasteiger partial charge in [-0.3, -0.25) is 10.1 Å². The molecule has 1 atom stereocenters. The normalized spacial score (nSPS) is 11.9. The van der Waals surface area contributed by atoms with Crippen LogP contribution in [0.1, 0.15) is 40.0 Å². The highest BCUT2D eigenvalue weighted by Crippen LogP contribution is 2.29. The molecule has 1 aromatic rings. The molecule has 0 saturated heterocycles. The Balaban J connectivity index is 2.97. The number of aromatic nitrogens is 2. The molecule has 0 aliphatic heterocycles. The fourth-order valence-corrected chi connectivity index (χ4v) is 1.51. The highest BCUT2D eigenvalue weighted by Gasteiger charge is 2.23. The Morgan fingerprint density at radius 3 is 2.63 bits per heavy atom. The summed E-state index contributed by atoms with van der Waals surface area (Å²) in [4.78, 5) is 18.7. The molecule has 0 aromatic carbocycles. The molecule has 1 unspecified atom stereocenters. The smallest absolute Gasteiger partial charge is 0.353 e. The molecule has 2 N–H and O–H groups in total. The van der Waals surface area contributed by atoms with Gasteiger partial charge in [-0.15, -0.1) is 0 Å². The van der Waals surface area contributed by atoms with Gasteiger partial charge in [-0.05, 0) is 19.8 Å². The first-order valence-electron chi connectivity index (χ1n) is 6.59. The predicted octanol–water partition coefficient (Wildman–Crippen LogP) is 2.81. The van der Waals surface area contributed by atoms with Crippen molar-refractivity contribution in [3.05, 3.63) is 16.4 Å². The number of hydrogen-bond acceptors (Lipinski definition) is 6. The van der Waals surface area contributed by atoms with Crippen LogP contribution in [-0.4, -0.2) is 27.5 Å². The van der Waals surface area contributed by atoms with Gasteiger partial charge in [0.1, 0.15) is 6.33 Å². The molecular weight excluding hydrogens is 246 g/mol. The van der Waals surface area contributed by atoms with E-state index in [0.717, 1.165) is 19.3 Å². The Morgan fingerprint density at radius 1 is 1.37 bits per heavy atom. The van der Waals surface area contributed by atoms with Crippen LogP contribution in [0, 0.1) is 10.1 Å². The second-order valence-corrected chi connectivity index (χ2v) is 4.41. The molecule has 0 radical (unpaired) electrons. The molecule has 1 heterocycles. The molecular formula is C12H21N5O2. The third-order valence-electron chi connectivity index (χ3n) is 2.82. The van der Waals surface area contributed by atoms with Gasteiger partial charge >= 0.3 is 5.69 Å². The van der Waals surface area contributed by atoms with Gasteiger partial charge in [0.25, 0.3) is 0 Å². The minimum atomic E-state index is -0.445. The first-order chi connectivity index (χ1) is 9.10. The number of nitro groups is 1. The Morgan fingerprint density at radius 2 is 2.05 bits per heavy atom. The molecule has 7 nitrogen and oxygen atoms in total. The van der Waals surface area contributed by atoms with E-state index in [0.29, 0.717) is 6.54 Å². The largest absolute Gasteiger partial charge is 0.364 e. The molecule has 1 aromatic heterocycles. The van der Waals surface area contributed by atoms with Crippen LogP contribution in [0.3, 0.4) is 0 Å². The van der Waals surface area contributed by atoms with Crippen LogP contribution in [0.4, 0.5) is 17.3 Å². The van der Waals surface area contributed by atoms with Gasteiger partial charge < -0.3 is 10.6 Å². The highest BCUT2D eigenvalue weighted by atomic mass is 16.6. The molecule has 0 amide bonds. The van der Waals surface area contributed by atoms with Gasteiger partial charge in [0.05, 0.1) is 4.92 Å². The summed E-state index contributed by atoms with van der Waals surface area (Å²) in [6.45, 7) is 6.68. The lowest BCUT2D eigenvalue weighted by molar-refractivity contribution is -0.383. The maximum absolute atomic E-state index is 11.2. The summed E-state index contributed by atoms with van der Waals surface area (Å²) < 4.78 is 0. The van der Waals surface area contributed by atoms with E-state index < -0.39 is 4.92 Å². The van der Waals surface area contributed by atoms with Crippen LogP contribution in [0.25, 0.3) is 0 Å².